The maximum atomic E-state index is 6.20. The lowest BCUT2D eigenvalue weighted by atomic mass is 9.67. The summed E-state index contributed by atoms with van der Waals surface area (Å²) in [6.07, 6.45) is 8.98. The van der Waals surface area contributed by atoms with Crippen LogP contribution in [0.2, 0.25) is 5.82 Å². The van der Waals surface area contributed by atoms with E-state index in [9.17, 15) is 0 Å². The van der Waals surface area contributed by atoms with Gasteiger partial charge in [0, 0.05) is 0 Å². The third kappa shape index (κ3) is 2.65. The second-order valence-corrected chi connectivity index (χ2v) is 7.80. The van der Waals surface area contributed by atoms with Gasteiger partial charge in [-0.05, 0) is 45.0 Å². The van der Waals surface area contributed by atoms with Crippen molar-refractivity contribution < 1.29 is 14.0 Å². The van der Waals surface area contributed by atoms with Crippen LogP contribution in [-0.4, -0.2) is 30.5 Å². The molecule has 20 heavy (non-hydrogen) atoms. The summed E-state index contributed by atoms with van der Waals surface area (Å²) < 4.78 is 19.6. The summed E-state index contributed by atoms with van der Waals surface area (Å²) in [5.41, 5.74) is -0.619. The number of halogens is 1. The first-order valence-electron chi connectivity index (χ1n) is 7.35. The number of rotatable bonds is 3. The highest BCUT2D eigenvalue weighted by Gasteiger charge is 2.56. The summed E-state index contributed by atoms with van der Waals surface area (Å²) in [4.78, 5) is 0. The van der Waals surface area contributed by atoms with E-state index in [0.29, 0.717) is 6.10 Å². The first-order valence-corrected chi connectivity index (χ1v) is 8.14. The molecule has 0 aromatic heterocycles. The first-order chi connectivity index (χ1) is 9.30. The van der Waals surface area contributed by atoms with Crippen molar-refractivity contribution >= 4 is 23.0 Å². The molecule has 0 aromatic carbocycles. The lowest BCUT2D eigenvalue weighted by molar-refractivity contribution is 0.00578. The predicted molar refractivity (Wildman–Crippen MR) is 83.9 cm³/mol. The van der Waals surface area contributed by atoms with Crippen LogP contribution in [0.25, 0.3) is 0 Å². The smallest absolute Gasteiger partial charge is 0.403 e. The third-order valence-corrected chi connectivity index (χ3v) is 5.46. The first kappa shape index (κ1) is 14.8. The molecule has 2 fully saturated rings. The van der Waals surface area contributed by atoms with Crippen LogP contribution in [0.1, 0.15) is 40.5 Å². The molecule has 2 atom stereocenters. The van der Waals surface area contributed by atoms with Gasteiger partial charge in [-0.15, -0.1) is 0 Å². The Balaban J connectivity index is 1.80. The van der Waals surface area contributed by atoms with E-state index < -0.39 is 0 Å². The summed E-state index contributed by atoms with van der Waals surface area (Å²) in [7, 11) is -0.278. The maximum Gasteiger partial charge on any atom is 0.469 e. The molecule has 1 saturated carbocycles. The van der Waals surface area contributed by atoms with E-state index in [1.807, 2.05) is 6.08 Å². The molecule has 0 N–H and O–H groups in total. The average molecular weight is 341 g/mol. The summed E-state index contributed by atoms with van der Waals surface area (Å²) >= 11 is 3.66. The fourth-order valence-corrected chi connectivity index (χ4v) is 3.15. The molecule has 1 saturated heterocycles. The highest BCUT2D eigenvalue weighted by Crippen LogP contribution is 2.46. The molecule has 0 amide bonds. The predicted octanol–water partition coefficient (Wildman–Crippen LogP) is 3.85. The Morgan fingerprint density at radius 3 is 2.35 bits per heavy atom. The topological polar surface area (TPSA) is 27.7 Å². The van der Waals surface area contributed by atoms with E-state index >= 15 is 0 Å². The van der Waals surface area contributed by atoms with Crippen LogP contribution < -0.4 is 0 Å². The van der Waals surface area contributed by atoms with Gasteiger partial charge >= 0.3 is 7.12 Å². The van der Waals surface area contributed by atoms with E-state index in [1.165, 1.54) is 12.8 Å². The minimum Gasteiger partial charge on any atom is -0.403 e. The number of ether oxygens (including phenoxy) is 1. The number of allylic oxidation sites excluding steroid dienone is 2. The van der Waals surface area contributed by atoms with Gasteiger partial charge in [0.2, 0.25) is 0 Å². The molecule has 3 aliphatic rings. The van der Waals surface area contributed by atoms with Gasteiger partial charge in [0.15, 0.2) is 0 Å². The molecule has 0 spiro atoms. The molecule has 1 aliphatic heterocycles. The Labute approximate surface area is 130 Å². The molecule has 2 aliphatic carbocycles. The fraction of sp³-hybridized carbons (Fsp3) is 0.733. The molecule has 3 nitrogen and oxygen atoms in total. The Bertz CT molecular complexity index is 438. The van der Waals surface area contributed by atoms with Crippen LogP contribution in [0.3, 0.4) is 0 Å². The highest BCUT2D eigenvalue weighted by atomic mass is 79.9. The standard InChI is InChI=1S/C15H22BBrO3/c1-14(2)15(3,4)20-16(19-14)13-11(17)6-5-7-12(13)18-10-8-9-10/h5-7,10,12-13H,8-9H2,1-4H3. The van der Waals surface area contributed by atoms with Gasteiger partial charge in [0.05, 0.1) is 29.2 Å². The molecule has 0 radical (unpaired) electrons. The van der Waals surface area contributed by atoms with Crippen LogP contribution in [-0.2, 0) is 14.0 Å². The lowest BCUT2D eigenvalue weighted by Gasteiger charge is -2.32. The Hall–Kier alpha value is -0.0951. The molecule has 0 bridgehead atoms. The minimum atomic E-state index is -0.309. The van der Waals surface area contributed by atoms with Gasteiger partial charge in [-0.1, -0.05) is 34.2 Å². The zero-order chi connectivity index (χ0) is 14.5. The number of hydrogen-bond donors (Lipinski definition) is 0. The van der Waals surface area contributed by atoms with Gasteiger partial charge in [-0.25, -0.2) is 0 Å². The quantitative estimate of drug-likeness (QED) is 0.730. The largest absolute Gasteiger partial charge is 0.469 e. The highest BCUT2D eigenvalue weighted by molar-refractivity contribution is 9.11. The monoisotopic (exact) mass is 340 g/mol. The van der Waals surface area contributed by atoms with Crippen molar-refractivity contribution in [3.8, 4) is 0 Å². The van der Waals surface area contributed by atoms with Crippen LogP contribution in [0.4, 0.5) is 0 Å². The lowest BCUT2D eigenvalue weighted by Crippen LogP contribution is -2.41. The van der Waals surface area contributed by atoms with Crippen molar-refractivity contribution in [2.75, 3.05) is 0 Å². The van der Waals surface area contributed by atoms with Gasteiger partial charge < -0.3 is 14.0 Å². The summed E-state index contributed by atoms with van der Waals surface area (Å²) in [5, 5.41) is 0. The van der Waals surface area contributed by atoms with Crippen molar-refractivity contribution in [1.82, 2.24) is 0 Å². The number of hydrogen-bond acceptors (Lipinski definition) is 3. The van der Waals surface area contributed by atoms with Gasteiger partial charge in [-0.3, -0.25) is 0 Å². The zero-order valence-electron chi connectivity index (χ0n) is 12.6. The summed E-state index contributed by atoms with van der Waals surface area (Å²) in [6.45, 7) is 8.33. The van der Waals surface area contributed by atoms with Gasteiger partial charge in [0.1, 0.15) is 0 Å². The minimum absolute atomic E-state index is 0.0246. The Morgan fingerprint density at radius 1 is 1.20 bits per heavy atom. The molecule has 5 heteroatoms. The Morgan fingerprint density at radius 2 is 1.80 bits per heavy atom. The van der Waals surface area contributed by atoms with E-state index in [1.54, 1.807) is 0 Å². The third-order valence-electron chi connectivity index (χ3n) is 4.67. The summed E-state index contributed by atoms with van der Waals surface area (Å²) in [5.74, 6) is 0.0710. The molecular formula is C15H22BBrO3. The summed E-state index contributed by atoms with van der Waals surface area (Å²) in [6, 6.07) is 0. The van der Waals surface area contributed by atoms with Crippen molar-refractivity contribution in [3.63, 3.8) is 0 Å². The van der Waals surface area contributed by atoms with Crippen LogP contribution in [0.15, 0.2) is 22.7 Å². The molecule has 1 heterocycles. The van der Waals surface area contributed by atoms with Crippen molar-refractivity contribution in [1.29, 1.82) is 0 Å². The molecule has 3 rings (SSSR count). The second-order valence-electron chi connectivity index (χ2n) is 6.89. The van der Waals surface area contributed by atoms with E-state index in [0.717, 1.165) is 4.48 Å². The molecule has 110 valence electrons. The van der Waals surface area contributed by atoms with Gasteiger partial charge in [0.25, 0.3) is 0 Å². The van der Waals surface area contributed by atoms with Crippen molar-refractivity contribution in [2.45, 2.75) is 69.8 Å². The second kappa shape index (κ2) is 4.97. The van der Waals surface area contributed by atoms with Crippen molar-refractivity contribution in [3.05, 3.63) is 22.7 Å². The molecular weight excluding hydrogens is 319 g/mol. The SMILES string of the molecule is CC1(C)OB(C2C(Br)=CC=CC2OC2CC2)OC1(C)C. The normalized spacial score (nSPS) is 35.2. The Kier molecular flexibility index (Phi) is 3.69. The van der Waals surface area contributed by atoms with Crippen molar-refractivity contribution in [2.24, 2.45) is 0 Å². The van der Waals surface area contributed by atoms with E-state index in [4.69, 9.17) is 14.0 Å². The van der Waals surface area contributed by atoms with Crippen LogP contribution in [0, 0.1) is 0 Å². The maximum absolute atomic E-state index is 6.20. The fourth-order valence-electron chi connectivity index (χ4n) is 2.52. The zero-order valence-corrected chi connectivity index (χ0v) is 14.1. The van der Waals surface area contributed by atoms with Gasteiger partial charge in [-0.2, -0.15) is 0 Å². The average Bonchev–Trinajstić information content (AvgIpc) is 3.07. The van der Waals surface area contributed by atoms with Crippen LogP contribution in [0.5, 0.6) is 0 Å². The van der Waals surface area contributed by atoms with Crippen LogP contribution >= 0.6 is 15.9 Å². The molecule has 0 aromatic rings. The van der Waals surface area contributed by atoms with E-state index in [-0.39, 0.29) is 30.2 Å². The molecule has 2 unspecified atom stereocenters. The van der Waals surface area contributed by atoms with E-state index in [2.05, 4.69) is 55.8 Å².